The van der Waals surface area contributed by atoms with E-state index in [1.54, 1.807) is 6.07 Å². The molecular weight excluding hydrogens is 498 g/mol. The van der Waals surface area contributed by atoms with Gasteiger partial charge in [0.1, 0.15) is 0 Å². The van der Waals surface area contributed by atoms with Crippen LogP contribution in [0.5, 0.6) is 5.75 Å². The van der Waals surface area contributed by atoms with Crippen LogP contribution >= 0.6 is 24.0 Å². The second-order valence-electron chi connectivity index (χ2n) is 7.09. The van der Waals surface area contributed by atoms with Gasteiger partial charge in [-0.3, -0.25) is 0 Å². The van der Waals surface area contributed by atoms with Gasteiger partial charge in [0.05, 0.1) is 24.4 Å². The summed E-state index contributed by atoms with van der Waals surface area (Å²) in [6.45, 7) is 6.68. The number of nitrogens with zero attached hydrogens (tertiary/aromatic N) is 1. The van der Waals surface area contributed by atoms with E-state index in [0.29, 0.717) is 6.61 Å². The van der Waals surface area contributed by atoms with Gasteiger partial charge in [0.2, 0.25) is 0 Å². The molecule has 0 aliphatic carbocycles. The van der Waals surface area contributed by atoms with Crippen molar-refractivity contribution in [3.63, 3.8) is 0 Å². The molecule has 2 aromatic carbocycles. The van der Waals surface area contributed by atoms with Gasteiger partial charge < -0.3 is 20.5 Å². The van der Waals surface area contributed by atoms with E-state index in [9.17, 15) is 13.2 Å². The third-order valence-electron chi connectivity index (χ3n) is 3.47. The van der Waals surface area contributed by atoms with Crippen molar-refractivity contribution in [1.29, 1.82) is 0 Å². The van der Waals surface area contributed by atoms with Gasteiger partial charge in [0.25, 0.3) is 0 Å². The topological polar surface area (TPSA) is 68.9 Å². The predicted octanol–water partition coefficient (Wildman–Crippen LogP) is 5.45. The molecule has 0 aliphatic rings. The van der Waals surface area contributed by atoms with Crippen LogP contribution in [0.1, 0.15) is 31.9 Å². The van der Waals surface area contributed by atoms with Crippen molar-refractivity contribution in [2.24, 2.45) is 10.7 Å². The lowest BCUT2D eigenvalue weighted by atomic mass is 10.1. The average molecular weight is 523 g/mol. The molecule has 5 nitrogen and oxygen atoms in total. The molecule has 29 heavy (non-hydrogen) atoms. The quantitative estimate of drug-likeness (QED) is 0.301. The molecule has 160 valence electrons. The normalized spacial score (nSPS) is 12.3. The lowest BCUT2D eigenvalue weighted by Gasteiger charge is -2.19. The van der Waals surface area contributed by atoms with Crippen molar-refractivity contribution in [2.75, 3.05) is 5.32 Å². The van der Waals surface area contributed by atoms with Crippen LogP contribution in [0.3, 0.4) is 0 Å². The van der Waals surface area contributed by atoms with E-state index in [1.165, 1.54) is 18.2 Å². The molecule has 0 unspecified atom stereocenters. The highest BCUT2D eigenvalue weighted by molar-refractivity contribution is 14.0. The van der Waals surface area contributed by atoms with Crippen LogP contribution in [0, 0.1) is 0 Å². The number of benzene rings is 2. The second kappa shape index (κ2) is 10.7. The van der Waals surface area contributed by atoms with Crippen molar-refractivity contribution in [3.05, 3.63) is 59.7 Å². The Morgan fingerprint density at radius 3 is 2.34 bits per heavy atom. The second-order valence-corrected chi connectivity index (χ2v) is 7.09. The summed E-state index contributed by atoms with van der Waals surface area (Å²) in [5.41, 5.74) is 7.55. The molecule has 0 bridgehead atoms. The maximum absolute atomic E-state index is 12.5. The highest BCUT2D eigenvalue weighted by Gasteiger charge is 2.32. The zero-order chi connectivity index (χ0) is 20.8. The van der Waals surface area contributed by atoms with E-state index in [4.69, 9.17) is 10.5 Å². The number of nitrogens with one attached hydrogen (secondary N) is 1. The fraction of sp³-hybridized carbons (Fsp3) is 0.350. The van der Waals surface area contributed by atoms with Gasteiger partial charge in [-0.2, -0.15) is 0 Å². The first kappa shape index (κ1) is 25.0. The van der Waals surface area contributed by atoms with E-state index in [1.807, 2.05) is 45.0 Å². The molecule has 0 heterocycles. The molecule has 0 saturated carbocycles. The zero-order valence-electron chi connectivity index (χ0n) is 16.4. The summed E-state index contributed by atoms with van der Waals surface area (Å²) in [7, 11) is 0. The maximum atomic E-state index is 12.5. The summed E-state index contributed by atoms with van der Waals surface area (Å²) in [4.78, 5) is 4.18. The number of aliphatic imine (C=N–C) groups is 1. The first-order chi connectivity index (χ1) is 13.0. The zero-order valence-corrected chi connectivity index (χ0v) is 18.7. The Balaban J connectivity index is 0.00000420. The van der Waals surface area contributed by atoms with Crippen LogP contribution in [-0.4, -0.2) is 17.9 Å². The molecule has 2 rings (SSSR count). The number of halogens is 4. The molecule has 0 spiro atoms. The van der Waals surface area contributed by atoms with E-state index in [2.05, 4.69) is 15.0 Å². The Labute approximate surface area is 185 Å². The molecule has 0 atom stereocenters. The summed E-state index contributed by atoms with van der Waals surface area (Å²) >= 11 is 0. The van der Waals surface area contributed by atoms with Crippen LogP contribution in [0.4, 0.5) is 18.9 Å². The minimum Gasteiger partial charge on any atom is -0.404 e. The van der Waals surface area contributed by atoms with Gasteiger partial charge in [-0.15, -0.1) is 37.1 Å². The number of ether oxygens (including phenoxy) is 2. The van der Waals surface area contributed by atoms with Crippen LogP contribution in [0.25, 0.3) is 0 Å². The SMILES string of the molecule is CC(C)(C)OCc1cccc(CN=C(N)Nc2ccccc2OC(F)(F)F)c1.I. The fourth-order valence-electron chi connectivity index (χ4n) is 2.26. The minimum atomic E-state index is -4.79. The fourth-order valence-corrected chi connectivity index (χ4v) is 2.26. The number of rotatable bonds is 6. The summed E-state index contributed by atoms with van der Waals surface area (Å²) < 4.78 is 47.2. The number of alkyl halides is 3. The number of nitrogens with two attached hydrogens (primary N) is 1. The van der Waals surface area contributed by atoms with Crippen molar-refractivity contribution < 1.29 is 22.6 Å². The minimum absolute atomic E-state index is 0. The molecule has 0 fully saturated rings. The van der Waals surface area contributed by atoms with Gasteiger partial charge in [-0.25, -0.2) is 4.99 Å². The molecule has 3 N–H and O–H groups in total. The Kier molecular flexibility index (Phi) is 9.21. The molecule has 0 aliphatic heterocycles. The van der Waals surface area contributed by atoms with Crippen LogP contribution in [-0.2, 0) is 17.9 Å². The van der Waals surface area contributed by atoms with Crippen molar-refractivity contribution in [3.8, 4) is 5.75 Å². The van der Waals surface area contributed by atoms with Gasteiger partial charge in [0.15, 0.2) is 11.7 Å². The predicted molar refractivity (Wildman–Crippen MR) is 118 cm³/mol. The largest absolute Gasteiger partial charge is 0.573 e. The van der Waals surface area contributed by atoms with Gasteiger partial charge >= 0.3 is 6.36 Å². The maximum Gasteiger partial charge on any atom is 0.573 e. The van der Waals surface area contributed by atoms with E-state index in [-0.39, 0.29) is 53.5 Å². The first-order valence-corrected chi connectivity index (χ1v) is 8.65. The average Bonchev–Trinajstić information content (AvgIpc) is 2.58. The summed E-state index contributed by atoms with van der Waals surface area (Å²) in [5.74, 6) is -0.399. The number of hydrogen-bond donors (Lipinski definition) is 2. The Morgan fingerprint density at radius 1 is 1.03 bits per heavy atom. The van der Waals surface area contributed by atoms with Crippen LogP contribution < -0.4 is 15.8 Å². The van der Waals surface area contributed by atoms with E-state index >= 15 is 0 Å². The lowest BCUT2D eigenvalue weighted by Crippen LogP contribution is -2.24. The summed E-state index contributed by atoms with van der Waals surface area (Å²) in [5, 5.41) is 2.64. The summed E-state index contributed by atoms with van der Waals surface area (Å²) in [6, 6.07) is 13.3. The van der Waals surface area contributed by atoms with Crippen LogP contribution in [0.2, 0.25) is 0 Å². The number of anilines is 1. The molecule has 0 saturated heterocycles. The van der Waals surface area contributed by atoms with E-state index in [0.717, 1.165) is 11.1 Å². The third kappa shape index (κ3) is 9.84. The van der Waals surface area contributed by atoms with Crippen LogP contribution in [0.15, 0.2) is 53.5 Å². The standard InChI is InChI=1S/C20H24F3N3O2.HI/c1-19(2,3)27-13-15-8-6-7-14(11-15)12-25-18(24)26-16-9-4-5-10-17(16)28-20(21,22)23;/h4-11H,12-13H2,1-3H3,(H3,24,25,26);1H. The Bertz CT molecular complexity index is 821. The smallest absolute Gasteiger partial charge is 0.404 e. The van der Waals surface area contributed by atoms with Gasteiger partial charge in [0, 0.05) is 0 Å². The summed E-state index contributed by atoms with van der Waals surface area (Å²) in [6.07, 6.45) is -4.79. The monoisotopic (exact) mass is 523 g/mol. The highest BCUT2D eigenvalue weighted by Crippen LogP contribution is 2.29. The number of guanidine groups is 1. The van der Waals surface area contributed by atoms with Gasteiger partial charge in [-0.05, 0) is 44.0 Å². The first-order valence-electron chi connectivity index (χ1n) is 8.65. The molecule has 0 amide bonds. The van der Waals surface area contributed by atoms with E-state index < -0.39 is 6.36 Å². The third-order valence-corrected chi connectivity index (χ3v) is 3.47. The van der Waals surface area contributed by atoms with Crippen molar-refractivity contribution >= 4 is 35.6 Å². The Hall–Kier alpha value is -2.01. The van der Waals surface area contributed by atoms with Crippen molar-refractivity contribution in [1.82, 2.24) is 0 Å². The Morgan fingerprint density at radius 2 is 1.69 bits per heavy atom. The molecule has 2 aromatic rings. The number of para-hydroxylation sites is 2. The molecular formula is C20H25F3IN3O2. The van der Waals surface area contributed by atoms with Gasteiger partial charge in [-0.1, -0.05) is 36.4 Å². The highest BCUT2D eigenvalue weighted by atomic mass is 127. The lowest BCUT2D eigenvalue weighted by molar-refractivity contribution is -0.274. The molecule has 0 radical (unpaired) electrons. The molecule has 9 heteroatoms. The number of hydrogen-bond acceptors (Lipinski definition) is 3. The molecule has 0 aromatic heterocycles. The van der Waals surface area contributed by atoms with Crippen molar-refractivity contribution in [2.45, 2.75) is 45.9 Å².